The van der Waals surface area contributed by atoms with Crippen LogP contribution < -0.4 is 5.32 Å². The molecule has 37 heavy (non-hydrogen) atoms. The molecule has 0 fully saturated rings. The highest BCUT2D eigenvalue weighted by Gasteiger charge is 2.12. The minimum absolute atomic E-state index is 0.499. The molecule has 0 saturated heterocycles. The molecule has 0 radical (unpaired) electrons. The standard InChI is InChI=1S/C33H39N3S/c1-3-34-24-21-27(2)28-14-6-5-9-17-30(18-12-13-23-35-25-22-28)37-36-26-32(29-15-7-4-8-16-29)31-19-10-11-20-33(31)36/h3-4,7-11,15-21,24,26,28,35H,2,5-6,12-14,22-23,25H2,1H3/b17-9-,24-21-,30-18+,34-3?. The summed E-state index contributed by atoms with van der Waals surface area (Å²) in [6, 6.07) is 19.4. The summed E-state index contributed by atoms with van der Waals surface area (Å²) in [5.74, 6) is 0.499. The first-order chi connectivity index (χ1) is 18.3. The Morgan fingerprint density at radius 1 is 1.03 bits per heavy atom. The molecule has 1 aromatic heterocycles. The van der Waals surface area contributed by atoms with E-state index in [0.29, 0.717) is 5.92 Å². The Hall–Kier alpha value is -3.08. The lowest BCUT2D eigenvalue weighted by Crippen LogP contribution is -2.20. The first-order valence-corrected chi connectivity index (χ1v) is 14.3. The lowest BCUT2D eigenvalue weighted by atomic mass is 9.91. The van der Waals surface area contributed by atoms with Crippen molar-refractivity contribution in [2.75, 3.05) is 13.1 Å². The van der Waals surface area contributed by atoms with Crippen LogP contribution in [0, 0.1) is 5.92 Å². The zero-order chi connectivity index (χ0) is 25.7. The van der Waals surface area contributed by atoms with Crippen molar-refractivity contribution in [3.63, 3.8) is 0 Å². The second-order valence-corrected chi connectivity index (χ2v) is 10.5. The van der Waals surface area contributed by atoms with Gasteiger partial charge >= 0.3 is 0 Å². The molecule has 0 bridgehead atoms. The van der Waals surface area contributed by atoms with Crippen LogP contribution in [-0.4, -0.2) is 23.3 Å². The molecule has 1 N–H and O–H groups in total. The first-order valence-electron chi connectivity index (χ1n) is 13.5. The van der Waals surface area contributed by atoms with E-state index in [2.05, 4.69) is 106 Å². The van der Waals surface area contributed by atoms with Crippen molar-refractivity contribution in [1.82, 2.24) is 9.29 Å². The summed E-state index contributed by atoms with van der Waals surface area (Å²) in [4.78, 5) is 5.51. The Morgan fingerprint density at radius 2 is 1.86 bits per heavy atom. The maximum atomic E-state index is 4.34. The summed E-state index contributed by atoms with van der Waals surface area (Å²) in [6.45, 7) is 8.35. The topological polar surface area (TPSA) is 29.3 Å². The number of allylic oxidation sites excluding steroid dienone is 5. The molecule has 1 aliphatic rings. The minimum Gasteiger partial charge on any atom is -0.317 e. The second-order valence-electron chi connectivity index (χ2n) is 9.46. The predicted molar refractivity (Wildman–Crippen MR) is 164 cm³/mol. The van der Waals surface area contributed by atoms with E-state index in [4.69, 9.17) is 0 Å². The maximum absolute atomic E-state index is 4.34. The monoisotopic (exact) mass is 509 g/mol. The largest absolute Gasteiger partial charge is 0.317 e. The Labute approximate surface area is 226 Å². The van der Waals surface area contributed by atoms with E-state index < -0.39 is 0 Å². The molecule has 0 spiro atoms. The van der Waals surface area contributed by atoms with Crippen LogP contribution in [0.1, 0.15) is 45.4 Å². The highest BCUT2D eigenvalue weighted by molar-refractivity contribution is 8.02. The van der Waals surface area contributed by atoms with Gasteiger partial charge in [-0.2, -0.15) is 0 Å². The number of para-hydroxylation sites is 1. The van der Waals surface area contributed by atoms with Crippen molar-refractivity contribution < 1.29 is 0 Å². The van der Waals surface area contributed by atoms with Gasteiger partial charge in [0.05, 0.1) is 5.52 Å². The summed E-state index contributed by atoms with van der Waals surface area (Å²) < 4.78 is 2.33. The molecule has 0 amide bonds. The van der Waals surface area contributed by atoms with E-state index >= 15 is 0 Å². The maximum Gasteiger partial charge on any atom is 0.0601 e. The fourth-order valence-corrected chi connectivity index (χ4v) is 5.75. The molecule has 0 saturated carbocycles. The van der Waals surface area contributed by atoms with E-state index in [0.717, 1.165) is 51.6 Å². The van der Waals surface area contributed by atoms with Crippen molar-refractivity contribution in [3.05, 3.63) is 108 Å². The number of nitrogens with one attached hydrogen (secondary N) is 1. The van der Waals surface area contributed by atoms with Crippen LogP contribution in [0.25, 0.3) is 22.0 Å². The number of nitrogens with zero attached hydrogens (tertiary/aromatic N) is 2. The zero-order valence-electron chi connectivity index (χ0n) is 22.0. The molecule has 2 aromatic carbocycles. The average molecular weight is 510 g/mol. The van der Waals surface area contributed by atoms with Gasteiger partial charge in [-0.1, -0.05) is 78.9 Å². The second kappa shape index (κ2) is 14.6. The van der Waals surface area contributed by atoms with Gasteiger partial charge in [0.2, 0.25) is 0 Å². The van der Waals surface area contributed by atoms with Crippen LogP contribution >= 0.6 is 11.9 Å². The number of hydrogen-bond donors (Lipinski definition) is 1. The minimum atomic E-state index is 0.499. The van der Waals surface area contributed by atoms with E-state index in [1.807, 2.05) is 31.3 Å². The van der Waals surface area contributed by atoms with Gasteiger partial charge in [0.25, 0.3) is 0 Å². The van der Waals surface area contributed by atoms with Crippen molar-refractivity contribution >= 4 is 29.1 Å². The fraction of sp³-hybridized carbons (Fsp3) is 0.303. The average Bonchev–Trinajstić information content (AvgIpc) is 3.29. The number of benzene rings is 2. The molecule has 3 aromatic rings. The number of aliphatic imine (C=N–C) groups is 1. The van der Waals surface area contributed by atoms with Gasteiger partial charge in [-0.3, -0.25) is 8.96 Å². The van der Waals surface area contributed by atoms with Gasteiger partial charge in [-0.25, -0.2) is 0 Å². The third-order valence-electron chi connectivity index (χ3n) is 6.79. The van der Waals surface area contributed by atoms with Crippen molar-refractivity contribution in [3.8, 4) is 11.1 Å². The summed E-state index contributed by atoms with van der Waals surface area (Å²) in [5.41, 5.74) is 4.98. The van der Waals surface area contributed by atoms with Crippen LogP contribution in [0.2, 0.25) is 0 Å². The molecule has 192 valence electrons. The molecule has 1 atom stereocenters. The Bertz CT molecular complexity index is 1260. The normalized spacial score (nSPS) is 20.6. The van der Waals surface area contributed by atoms with Gasteiger partial charge in [-0.15, -0.1) is 0 Å². The zero-order valence-corrected chi connectivity index (χ0v) is 22.8. The Balaban J connectivity index is 1.49. The number of hydrogen-bond acceptors (Lipinski definition) is 3. The summed E-state index contributed by atoms with van der Waals surface area (Å²) >= 11 is 1.82. The predicted octanol–water partition coefficient (Wildman–Crippen LogP) is 8.97. The molecule has 1 unspecified atom stereocenters. The van der Waals surface area contributed by atoms with Gasteiger partial charge in [0, 0.05) is 34.5 Å². The van der Waals surface area contributed by atoms with Gasteiger partial charge in [0.15, 0.2) is 0 Å². The quantitative estimate of drug-likeness (QED) is 0.265. The molecule has 1 aliphatic heterocycles. The van der Waals surface area contributed by atoms with Crippen LogP contribution in [-0.2, 0) is 0 Å². The molecule has 2 heterocycles. The number of fused-ring (bicyclic) bond motifs is 1. The molecular formula is C33H39N3S. The molecule has 0 aliphatic carbocycles. The smallest absolute Gasteiger partial charge is 0.0601 e. The van der Waals surface area contributed by atoms with Crippen molar-refractivity contribution in [1.29, 1.82) is 0 Å². The summed E-state index contributed by atoms with van der Waals surface area (Å²) in [7, 11) is 0. The lowest BCUT2D eigenvalue weighted by Gasteiger charge is -2.18. The molecule has 4 heteroatoms. The Morgan fingerprint density at radius 3 is 2.73 bits per heavy atom. The molecule has 3 nitrogen and oxygen atoms in total. The van der Waals surface area contributed by atoms with E-state index in [9.17, 15) is 0 Å². The van der Waals surface area contributed by atoms with Gasteiger partial charge in [0.1, 0.15) is 0 Å². The highest BCUT2D eigenvalue weighted by Crippen LogP contribution is 2.35. The third kappa shape index (κ3) is 7.95. The Kier molecular flexibility index (Phi) is 10.6. The first kappa shape index (κ1) is 27.0. The summed E-state index contributed by atoms with van der Waals surface area (Å²) in [6.07, 6.45) is 21.8. The van der Waals surface area contributed by atoms with Crippen molar-refractivity contribution in [2.45, 2.75) is 45.4 Å². The fourth-order valence-electron chi connectivity index (χ4n) is 4.75. The molecule has 4 rings (SSSR count). The van der Waals surface area contributed by atoms with Gasteiger partial charge < -0.3 is 5.32 Å². The van der Waals surface area contributed by atoms with Crippen LogP contribution in [0.4, 0.5) is 0 Å². The molecular weight excluding hydrogens is 470 g/mol. The third-order valence-corrected chi connectivity index (χ3v) is 7.81. The highest BCUT2D eigenvalue weighted by atomic mass is 32.2. The van der Waals surface area contributed by atoms with Crippen LogP contribution in [0.15, 0.2) is 113 Å². The lowest BCUT2D eigenvalue weighted by molar-refractivity contribution is 0.484. The van der Waals surface area contributed by atoms with E-state index in [1.165, 1.54) is 32.5 Å². The summed E-state index contributed by atoms with van der Waals surface area (Å²) in [5, 5.41) is 4.94. The van der Waals surface area contributed by atoms with Crippen molar-refractivity contribution in [2.24, 2.45) is 10.9 Å². The SMILES string of the molecule is C=C(/C=C\N=CC)C1CCC/C=C\C(Sn2cc(-c3ccccc3)c3ccccc32)=C/CCCNCC1. The van der Waals surface area contributed by atoms with Crippen LogP contribution in [0.3, 0.4) is 0 Å². The van der Waals surface area contributed by atoms with Crippen LogP contribution in [0.5, 0.6) is 0 Å². The van der Waals surface area contributed by atoms with E-state index in [-0.39, 0.29) is 0 Å². The van der Waals surface area contributed by atoms with E-state index in [1.54, 1.807) is 0 Å². The number of aromatic nitrogens is 1. The van der Waals surface area contributed by atoms with Gasteiger partial charge in [-0.05, 0) is 94.1 Å². The number of rotatable bonds is 6.